The van der Waals surface area contributed by atoms with Crippen LogP contribution >= 0.6 is 18.1 Å². The van der Waals surface area contributed by atoms with Gasteiger partial charge in [-0.05, 0) is 67.3 Å². The predicted octanol–water partition coefficient (Wildman–Crippen LogP) is 4.26. The van der Waals surface area contributed by atoms with Crippen LogP contribution in [0.3, 0.4) is 0 Å². The molecule has 21 heavy (non-hydrogen) atoms. The average Bonchev–Trinajstić information content (AvgIpc) is 2.49. The number of hydrogen-bond acceptors (Lipinski definition) is 4. The van der Waals surface area contributed by atoms with E-state index in [0.29, 0.717) is 22.9 Å². The summed E-state index contributed by atoms with van der Waals surface area (Å²) in [4.78, 5) is 0. The van der Waals surface area contributed by atoms with E-state index in [9.17, 15) is 0 Å². The molecule has 0 aliphatic heterocycles. The first-order chi connectivity index (χ1) is 10.1. The van der Waals surface area contributed by atoms with Crippen LogP contribution in [0.4, 0.5) is 0 Å². The normalized spacial score (nSPS) is 13.2. The van der Waals surface area contributed by atoms with Crippen LogP contribution in [0.1, 0.15) is 12.5 Å². The van der Waals surface area contributed by atoms with E-state index >= 15 is 0 Å². The third kappa shape index (κ3) is 4.06. The van der Waals surface area contributed by atoms with Gasteiger partial charge < -0.3 is 9.05 Å². The summed E-state index contributed by atoms with van der Waals surface area (Å²) in [5.41, 5.74) is 0.568. The fourth-order valence-electron chi connectivity index (χ4n) is 1.68. The Bertz CT molecular complexity index is 695. The van der Waals surface area contributed by atoms with Crippen LogP contribution < -0.4 is 9.83 Å². The minimum Gasteiger partial charge on any atom is -0.440 e. The second-order valence-electron chi connectivity index (χ2n) is 4.12. The van der Waals surface area contributed by atoms with Crippen molar-refractivity contribution in [1.82, 2.24) is 0 Å². The van der Waals surface area contributed by atoms with Crippen molar-refractivity contribution >= 4 is 35.2 Å². The highest BCUT2D eigenvalue weighted by Crippen LogP contribution is 2.47. The van der Waals surface area contributed by atoms with Crippen LogP contribution in [0.5, 0.6) is 5.75 Å². The predicted molar refractivity (Wildman–Crippen MR) is 88.8 cm³/mol. The van der Waals surface area contributed by atoms with Crippen molar-refractivity contribution in [2.75, 3.05) is 6.61 Å². The molecule has 1 unspecified atom stereocenters. The molecule has 3 nitrogen and oxygen atoms in total. The summed E-state index contributed by atoms with van der Waals surface area (Å²) in [6.07, 6.45) is 0. The summed E-state index contributed by atoms with van der Waals surface area (Å²) >= 11 is 11.5. The highest BCUT2D eigenvalue weighted by Gasteiger charge is 2.23. The maximum Gasteiger partial charge on any atom is 0.269 e. The van der Waals surface area contributed by atoms with E-state index in [2.05, 4.69) is 6.07 Å². The fraction of sp³-hybridized carbons (Fsp3) is 0.133. The molecule has 2 rings (SSSR count). The van der Waals surface area contributed by atoms with Gasteiger partial charge in [0, 0.05) is 10.3 Å². The molecule has 0 N–H and O–H groups in total. The Morgan fingerprint density at radius 2 is 1.76 bits per heavy atom. The summed E-state index contributed by atoms with van der Waals surface area (Å²) in [5.74, 6) is 0.584. The highest BCUT2D eigenvalue weighted by molar-refractivity contribution is 8.13. The Labute approximate surface area is 134 Å². The molecule has 0 heterocycles. The summed E-state index contributed by atoms with van der Waals surface area (Å²) in [7, 11) is 0. The first-order valence-electron chi connectivity index (χ1n) is 6.28. The van der Waals surface area contributed by atoms with E-state index in [1.807, 2.05) is 19.1 Å². The van der Waals surface area contributed by atoms with Crippen molar-refractivity contribution in [1.29, 1.82) is 5.26 Å². The maximum absolute atomic E-state index is 8.81. The third-order valence-corrected chi connectivity index (χ3v) is 6.06. The van der Waals surface area contributed by atoms with Gasteiger partial charge in [0.05, 0.1) is 18.2 Å². The molecule has 108 valence electrons. The molecule has 1 atom stereocenters. The lowest BCUT2D eigenvalue weighted by molar-refractivity contribution is 0.339. The number of rotatable bonds is 5. The van der Waals surface area contributed by atoms with Gasteiger partial charge in [0.2, 0.25) is 0 Å². The van der Waals surface area contributed by atoms with Crippen molar-refractivity contribution < 1.29 is 9.05 Å². The number of nitrogens with zero attached hydrogens (tertiary/aromatic N) is 1. The SMILES string of the molecule is CCOP(=S)(Oc1ccc(C#N)cc1)c1ccc(Cl)cc1. The lowest BCUT2D eigenvalue weighted by Crippen LogP contribution is -2.12. The zero-order chi connectivity index (χ0) is 15.3. The van der Waals surface area contributed by atoms with Crippen molar-refractivity contribution in [3.8, 4) is 11.8 Å². The lowest BCUT2D eigenvalue weighted by atomic mass is 10.2. The smallest absolute Gasteiger partial charge is 0.269 e. The summed E-state index contributed by atoms with van der Waals surface area (Å²) in [6.45, 7) is -0.317. The van der Waals surface area contributed by atoms with E-state index in [-0.39, 0.29) is 0 Å². The van der Waals surface area contributed by atoms with Crippen LogP contribution in [0.15, 0.2) is 48.5 Å². The molecule has 0 radical (unpaired) electrons. The number of nitriles is 1. The third-order valence-electron chi connectivity index (χ3n) is 2.65. The largest absolute Gasteiger partial charge is 0.440 e. The molecule has 2 aromatic rings. The Morgan fingerprint density at radius 1 is 1.14 bits per heavy atom. The molecule has 2 aromatic carbocycles. The minimum absolute atomic E-state index is 0.455. The molecular formula is C15H13ClNO2PS. The van der Waals surface area contributed by atoms with Crippen LogP contribution in [0.25, 0.3) is 0 Å². The molecule has 0 amide bonds. The Kier molecular flexibility index (Phi) is 5.39. The van der Waals surface area contributed by atoms with Gasteiger partial charge in [0.25, 0.3) is 6.49 Å². The first-order valence-corrected chi connectivity index (χ1v) is 9.29. The molecular weight excluding hydrogens is 325 g/mol. The van der Waals surface area contributed by atoms with Gasteiger partial charge in [-0.3, -0.25) is 0 Å². The molecule has 0 fully saturated rings. The average molecular weight is 338 g/mol. The van der Waals surface area contributed by atoms with Crippen LogP contribution in [-0.2, 0) is 16.3 Å². The monoisotopic (exact) mass is 337 g/mol. The lowest BCUT2D eigenvalue weighted by Gasteiger charge is -2.22. The van der Waals surface area contributed by atoms with Crippen molar-refractivity contribution in [2.24, 2.45) is 0 Å². The van der Waals surface area contributed by atoms with Crippen molar-refractivity contribution in [2.45, 2.75) is 6.92 Å². The number of benzene rings is 2. The summed E-state index contributed by atoms with van der Waals surface area (Å²) in [6, 6.07) is 16.0. The van der Waals surface area contributed by atoms with E-state index in [4.69, 9.17) is 37.7 Å². The molecule has 0 aliphatic carbocycles. The van der Waals surface area contributed by atoms with Gasteiger partial charge in [0.15, 0.2) is 0 Å². The zero-order valence-electron chi connectivity index (χ0n) is 11.3. The van der Waals surface area contributed by atoms with Gasteiger partial charge >= 0.3 is 0 Å². The molecule has 0 spiro atoms. The molecule has 0 aliphatic rings. The zero-order valence-corrected chi connectivity index (χ0v) is 13.8. The molecule has 6 heteroatoms. The topological polar surface area (TPSA) is 42.2 Å². The second-order valence-corrected chi connectivity index (χ2v) is 7.95. The van der Waals surface area contributed by atoms with E-state index in [1.165, 1.54) is 0 Å². The molecule has 0 saturated heterocycles. The highest BCUT2D eigenvalue weighted by atomic mass is 35.5. The quantitative estimate of drug-likeness (QED) is 0.764. The number of hydrogen-bond donors (Lipinski definition) is 0. The van der Waals surface area contributed by atoms with Gasteiger partial charge in [0.1, 0.15) is 5.75 Å². The maximum atomic E-state index is 8.81. The van der Waals surface area contributed by atoms with Crippen molar-refractivity contribution in [3.63, 3.8) is 0 Å². The Balaban J connectivity index is 2.31. The molecule has 0 bridgehead atoms. The van der Waals surface area contributed by atoms with Crippen LogP contribution in [0.2, 0.25) is 5.02 Å². The van der Waals surface area contributed by atoms with Gasteiger partial charge in [-0.1, -0.05) is 11.6 Å². The van der Waals surface area contributed by atoms with Gasteiger partial charge in [-0.2, -0.15) is 5.26 Å². The molecule has 0 saturated carbocycles. The molecule has 0 aromatic heterocycles. The van der Waals surface area contributed by atoms with E-state index in [0.717, 1.165) is 5.30 Å². The number of halogens is 1. The fourth-order valence-corrected chi connectivity index (χ4v) is 4.30. The Hall–Kier alpha value is -1.37. The van der Waals surface area contributed by atoms with E-state index < -0.39 is 6.49 Å². The Morgan fingerprint density at radius 3 is 2.29 bits per heavy atom. The van der Waals surface area contributed by atoms with Gasteiger partial charge in [-0.25, -0.2) is 0 Å². The summed E-state index contributed by atoms with van der Waals surface area (Å²) in [5, 5.41) is 10.2. The van der Waals surface area contributed by atoms with Crippen molar-refractivity contribution in [3.05, 3.63) is 59.1 Å². The minimum atomic E-state index is -2.65. The standard InChI is InChI=1S/C15H13ClNO2PS/c1-2-18-20(21,15-9-5-13(16)6-10-15)19-14-7-3-12(11-17)4-8-14/h3-10H,2H2,1H3. The van der Waals surface area contributed by atoms with Crippen LogP contribution in [0, 0.1) is 11.3 Å². The van der Waals surface area contributed by atoms with E-state index in [1.54, 1.807) is 36.4 Å². The summed E-state index contributed by atoms with van der Waals surface area (Å²) < 4.78 is 11.6. The van der Waals surface area contributed by atoms with Crippen LogP contribution in [-0.4, -0.2) is 6.61 Å². The first kappa shape index (κ1) is 16.0. The van der Waals surface area contributed by atoms with Gasteiger partial charge in [-0.15, -0.1) is 0 Å². The second kappa shape index (κ2) is 7.06.